The zero-order valence-corrected chi connectivity index (χ0v) is 10.2. The van der Waals surface area contributed by atoms with E-state index < -0.39 is 0 Å². The third-order valence-corrected chi connectivity index (χ3v) is 2.50. The summed E-state index contributed by atoms with van der Waals surface area (Å²) in [5.41, 5.74) is 9.87. The molecule has 0 saturated carbocycles. The van der Waals surface area contributed by atoms with E-state index in [1.807, 2.05) is 26.0 Å². The number of nitrogens with one attached hydrogen (secondary N) is 1. The lowest BCUT2D eigenvalue weighted by Gasteiger charge is -2.17. The maximum atomic E-state index is 5.76. The zero-order chi connectivity index (χ0) is 11.9. The summed E-state index contributed by atoms with van der Waals surface area (Å²) < 4.78 is 0. The molecule has 0 fully saturated rings. The fourth-order valence-electron chi connectivity index (χ4n) is 1.16. The van der Waals surface area contributed by atoms with E-state index >= 15 is 0 Å². The molecule has 0 heterocycles. The summed E-state index contributed by atoms with van der Waals surface area (Å²) in [6.45, 7) is 8.30. The second-order valence-corrected chi connectivity index (χ2v) is 3.54. The standard InChI is InChI=1S/C10H17N3.C2H6/c1-3-10(2)6-4-8(11)9(13-12)5-7-10;1-2/h4-7,13H,3,11-12H2,1-2H3;1-2H3. The van der Waals surface area contributed by atoms with Gasteiger partial charge in [-0.15, -0.1) is 0 Å². The Hall–Kier alpha value is -1.22. The van der Waals surface area contributed by atoms with Gasteiger partial charge in [-0.05, 0) is 18.6 Å². The highest BCUT2D eigenvalue weighted by molar-refractivity contribution is 5.35. The van der Waals surface area contributed by atoms with Gasteiger partial charge < -0.3 is 11.2 Å². The van der Waals surface area contributed by atoms with Gasteiger partial charge in [0.2, 0.25) is 0 Å². The molecule has 0 aliphatic heterocycles. The second kappa shape index (κ2) is 6.30. The Kier molecular flexibility index (Phi) is 5.79. The SMILES string of the molecule is CC.CCC1(C)C=CC(N)=C(NN)C=C1. The van der Waals surface area contributed by atoms with Crippen LogP contribution in [0.2, 0.25) is 0 Å². The van der Waals surface area contributed by atoms with Crippen molar-refractivity contribution >= 4 is 0 Å². The van der Waals surface area contributed by atoms with Gasteiger partial charge in [0.1, 0.15) is 0 Å². The molecule has 5 N–H and O–H groups in total. The Balaban J connectivity index is 0.000000921. The van der Waals surface area contributed by atoms with Gasteiger partial charge in [-0.3, -0.25) is 5.84 Å². The van der Waals surface area contributed by atoms with Gasteiger partial charge in [-0.1, -0.05) is 39.8 Å². The number of hydrogen-bond donors (Lipinski definition) is 3. The molecule has 0 spiro atoms. The number of hydrazine groups is 1. The Morgan fingerprint density at radius 2 is 1.80 bits per heavy atom. The Labute approximate surface area is 92.9 Å². The monoisotopic (exact) mass is 209 g/mol. The van der Waals surface area contributed by atoms with Gasteiger partial charge in [0.25, 0.3) is 0 Å². The summed E-state index contributed by atoms with van der Waals surface area (Å²) in [5, 5.41) is 0. The van der Waals surface area contributed by atoms with E-state index in [9.17, 15) is 0 Å². The van der Waals surface area contributed by atoms with Gasteiger partial charge >= 0.3 is 0 Å². The largest absolute Gasteiger partial charge is 0.397 e. The predicted molar refractivity (Wildman–Crippen MR) is 66.6 cm³/mol. The first kappa shape index (κ1) is 13.8. The maximum Gasteiger partial charge on any atom is 0.0712 e. The van der Waals surface area contributed by atoms with E-state index in [-0.39, 0.29) is 5.41 Å². The quantitative estimate of drug-likeness (QED) is 0.482. The second-order valence-electron chi connectivity index (χ2n) is 3.54. The van der Waals surface area contributed by atoms with E-state index in [0.717, 1.165) is 12.1 Å². The van der Waals surface area contributed by atoms with E-state index in [1.54, 1.807) is 0 Å². The molecule has 3 heteroatoms. The molecule has 86 valence electrons. The lowest BCUT2D eigenvalue weighted by atomic mass is 9.87. The minimum Gasteiger partial charge on any atom is -0.397 e. The third kappa shape index (κ3) is 3.80. The molecule has 1 rings (SSSR count). The minimum absolute atomic E-state index is 0.0865. The van der Waals surface area contributed by atoms with E-state index in [1.165, 1.54) is 0 Å². The van der Waals surface area contributed by atoms with Crippen LogP contribution in [0.5, 0.6) is 0 Å². The smallest absolute Gasteiger partial charge is 0.0712 e. The topological polar surface area (TPSA) is 64.1 Å². The zero-order valence-electron chi connectivity index (χ0n) is 10.2. The number of allylic oxidation sites excluding steroid dienone is 4. The fourth-order valence-corrected chi connectivity index (χ4v) is 1.16. The molecule has 0 aromatic carbocycles. The highest BCUT2D eigenvalue weighted by Gasteiger charge is 2.16. The molecular formula is C12H23N3. The lowest BCUT2D eigenvalue weighted by molar-refractivity contribution is 0.530. The summed E-state index contributed by atoms with van der Waals surface area (Å²) in [7, 11) is 0. The van der Waals surface area contributed by atoms with Crippen molar-refractivity contribution in [2.24, 2.45) is 17.0 Å². The summed E-state index contributed by atoms with van der Waals surface area (Å²) in [4.78, 5) is 0. The van der Waals surface area contributed by atoms with E-state index in [4.69, 9.17) is 11.6 Å². The van der Waals surface area contributed by atoms with Crippen molar-refractivity contribution in [1.29, 1.82) is 0 Å². The van der Waals surface area contributed by atoms with Crippen molar-refractivity contribution < 1.29 is 0 Å². The normalized spacial score (nSPS) is 24.3. The Bertz CT molecular complexity index is 277. The molecule has 0 aromatic rings. The lowest BCUT2D eigenvalue weighted by Crippen LogP contribution is -2.22. The first-order valence-corrected chi connectivity index (χ1v) is 5.46. The van der Waals surface area contributed by atoms with Crippen LogP contribution >= 0.6 is 0 Å². The molecule has 1 unspecified atom stereocenters. The van der Waals surface area contributed by atoms with Crippen LogP contribution in [0.25, 0.3) is 0 Å². The highest BCUT2D eigenvalue weighted by atomic mass is 15.2. The van der Waals surface area contributed by atoms with Crippen LogP contribution in [0.3, 0.4) is 0 Å². The van der Waals surface area contributed by atoms with Gasteiger partial charge in [0, 0.05) is 5.41 Å². The highest BCUT2D eigenvalue weighted by Crippen LogP contribution is 2.27. The van der Waals surface area contributed by atoms with Crippen molar-refractivity contribution in [3.8, 4) is 0 Å². The molecular weight excluding hydrogens is 186 g/mol. The van der Waals surface area contributed by atoms with Gasteiger partial charge in [-0.25, -0.2) is 0 Å². The minimum atomic E-state index is 0.0865. The Morgan fingerprint density at radius 3 is 2.27 bits per heavy atom. The average molecular weight is 209 g/mol. The molecule has 0 radical (unpaired) electrons. The summed E-state index contributed by atoms with van der Waals surface area (Å²) in [5.74, 6) is 5.32. The number of nitrogens with two attached hydrogens (primary N) is 2. The van der Waals surface area contributed by atoms with E-state index in [2.05, 4.69) is 31.4 Å². The van der Waals surface area contributed by atoms with Crippen molar-refractivity contribution in [3.63, 3.8) is 0 Å². The number of rotatable bonds is 2. The molecule has 1 atom stereocenters. The van der Waals surface area contributed by atoms with E-state index in [0.29, 0.717) is 5.70 Å². The maximum absolute atomic E-state index is 5.76. The van der Waals surface area contributed by atoms with Gasteiger partial charge in [-0.2, -0.15) is 0 Å². The summed E-state index contributed by atoms with van der Waals surface area (Å²) in [6, 6.07) is 0. The van der Waals surface area contributed by atoms with Crippen molar-refractivity contribution in [2.45, 2.75) is 34.1 Å². The molecule has 0 bridgehead atoms. The van der Waals surface area contributed by atoms with Crippen LogP contribution in [0.4, 0.5) is 0 Å². The van der Waals surface area contributed by atoms with Crippen LogP contribution in [0, 0.1) is 5.41 Å². The van der Waals surface area contributed by atoms with Crippen LogP contribution in [0.15, 0.2) is 35.7 Å². The van der Waals surface area contributed by atoms with Crippen LogP contribution in [0.1, 0.15) is 34.1 Å². The number of hydrogen-bond acceptors (Lipinski definition) is 3. The summed E-state index contributed by atoms with van der Waals surface area (Å²) >= 11 is 0. The molecule has 15 heavy (non-hydrogen) atoms. The van der Waals surface area contributed by atoms with Gasteiger partial charge in [0.05, 0.1) is 11.4 Å². The van der Waals surface area contributed by atoms with Crippen molar-refractivity contribution in [1.82, 2.24) is 5.43 Å². The van der Waals surface area contributed by atoms with Gasteiger partial charge in [0.15, 0.2) is 0 Å². The van der Waals surface area contributed by atoms with Crippen LogP contribution < -0.4 is 17.0 Å². The summed E-state index contributed by atoms with van der Waals surface area (Å²) in [6.07, 6.45) is 9.09. The average Bonchev–Trinajstić information content (AvgIpc) is 2.43. The molecule has 1 aliphatic carbocycles. The first-order chi connectivity index (χ1) is 7.11. The molecule has 1 aliphatic rings. The molecule has 0 aromatic heterocycles. The predicted octanol–water partition coefficient (Wildman–Crippen LogP) is 2.19. The third-order valence-electron chi connectivity index (χ3n) is 2.50. The van der Waals surface area contributed by atoms with Crippen molar-refractivity contribution in [3.05, 3.63) is 35.7 Å². The first-order valence-electron chi connectivity index (χ1n) is 5.46. The molecule has 3 nitrogen and oxygen atoms in total. The van der Waals surface area contributed by atoms with Crippen molar-refractivity contribution in [2.75, 3.05) is 0 Å². The molecule has 0 amide bonds. The van der Waals surface area contributed by atoms with Crippen LogP contribution in [-0.4, -0.2) is 0 Å². The fraction of sp³-hybridized carbons (Fsp3) is 0.500. The Morgan fingerprint density at radius 1 is 1.27 bits per heavy atom. The van der Waals surface area contributed by atoms with Crippen LogP contribution in [-0.2, 0) is 0 Å². The molecule has 0 saturated heterocycles.